The largest absolute Gasteiger partial charge is 0.454 e. The molecular formula is C19H22N2O3. The Bertz CT molecular complexity index is 701. The lowest BCUT2D eigenvalue weighted by Gasteiger charge is -2.27. The van der Waals surface area contributed by atoms with Crippen LogP contribution < -0.4 is 14.8 Å². The second-order valence-electron chi connectivity index (χ2n) is 6.05. The molecule has 0 fully saturated rings. The van der Waals surface area contributed by atoms with Crippen molar-refractivity contribution in [3.05, 3.63) is 59.7 Å². The highest BCUT2D eigenvalue weighted by atomic mass is 16.7. The van der Waals surface area contributed by atoms with Crippen LogP contribution in [0.25, 0.3) is 0 Å². The highest BCUT2D eigenvalue weighted by Gasteiger charge is 2.18. The lowest BCUT2D eigenvalue weighted by atomic mass is 10.2. The summed E-state index contributed by atoms with van der Waals surface area (Å²) in [5.74, 6) is 1.48. The topological polar surface area (TPSA) is 50.8 Å². The van der Waals surface area contributed by atoms with Gasteiger partial charge in [0.05, 0.1) is 0 Å². The van der Waals surface area contributed by atoms with E-state index in [9.17, 15) is 4.79 Å². The first kappa shape index (κ1) is 16.2. The second kappa shape index (κ2) is 7.25. The fourth-order valence-corrected chi connectivity index (χ4v) is 2.60. The summed E-state index contributed by atoms with van der Waals surface area (Å²) in [6, 6.07) is 15.7. The Hall–Kier alpha value is -2.69. The number of ether oxygens (including phenoxy) is 2. The monoisotopic (exact) mass is 326 g/mol. The van der Waals surface area contributed by atoms with Gasteiger partial charge in [-0.25, -0.2) is 4.79 Å². The van der Waals surface area contributed by atoms with Crippen LogP contribution in [-0.4, -0.2) is 23.8 Å². The maximum absolute atomic E-state index is 12.6. The Kier molecular flexibility index (Phi) is 4.89. The molecule has 0 unspecified atom stereocenters. The summed E-state index contributed by atoms with van der Waals surface area (Å²) in [6.07, 6.45) is 0. The highest BCUT2D eigenvalue weighted by Crippen LogP contribution is 2.32. The maximum Gasteiger partial charge on any atom is 0.318 e. The SMILES string of the molecule is CC(C)N(Cc1ccccc1)C(=O)NCc1ccc2c(c1)OCO2. The minimum absolute atomic E-state index is 0.0773. The molecule has 0 bridgehead atoms. The van der Waals surface area contributed by atoms with Crippen LogP contribution in [0.15, 0.2) is 48.5 Å². The molecule has 0 spiro atoms. The molecule has 0 saturated heterocycles. The standard InChI is InChI=1S/C19H22N2O3/c1-14(2)21(12-15-6-4-3-5-7-15)19(22)20-11-16-8-9-17-18(10-16)24-13-23-17/h3-10,14H,11-13H2,1-2H3,(H,20,22). The quantitative estimate of drug-likeness (QED) is 0.914. The highest BCUT2D eigenvalue weighted by molar-refractivity contribution is 5.74. The zero-order valence-electron chi connectivity index (χ0n) is 14.0. The predicted molar refractivity (Wildman–Crippen MR) is 91.9 cm³/mol. The number of benzene rings is 2. The number of fused-ring (bicyclic) bond motifs is 1. The molecule has 2 amide bonds. The van der Waals surface area contributed by atoms with Crippen LogP contribution >= 0.6 is 0 Å². The van der Waals surface area contributed by atoms with Crippen LogP contribution in [0.2, 0.25) is 0 Å². The molecule has 0 aromatic heterocycles. The molecule has 5 heteroatoms. The third kappa shape index (κ3) is 3.79. The summed E-state index contributed by atoms with van der Waals surface area (Å²) in [5.41, 5.74) is 2.10. The summed E-state index contributed by atoms with van der Waals surface area (Å²) in [5, 5.41) is 2.98. The van der Waals surface area contributed by atoms with Crippen LogP contribution in [0.1, 0.15) is 25.0 Å². The summed E-state index contributed by atoms with van der Waals surface area (Å²) in [7, 11) is 0. The third-order valence-corrected chi connectivity index (χ3v) is 3.96. The Morgan fingerprint density at radius 1 is 1.08 bits per heavy atom. The van der Waals surface area contributed by atoms with E-state index in [0.29, 0.717) is 13.1 Å². The van der Waals surface area contributed by atoms with Crippen LogP contribution in [0, 0.1) is 0 Å². The first-order valence-electron chi connectivity index (χ1n) is 8.10. The van der Waals surface area contributed by atoms with Crippen molar-refractivity contribution in [3.63, 3.8) is 0 Å². The summed E-state index contributed by atoms with van der Waals surface area (Å²) >= 11 is 0. The number of urea groups is 1. The molecule has 1 N–H and O–H groups in total. The maximum atomic E-state index is 12.6. The van der Waals surface area contributed by atoms with E-state index in [2.05, 4.69) is 5.32 Å². The molecular weight excluding hydrogens is 304 g/mol. The molecule has 2 aromatic carbocycles. The number of carbonyl (C=O) groups excluding carboxylic acids is 1. The number of amides is 2. The molecule has 1 aliphatic rings. The van der Waals surface area contributed by atoms with Gasteiger partial charge in [-0.15, -0.1) is 0 Å². The van der Waals surface area contributed by atoms with Gasteiger partial charge in [0, 0.05) is 19.1 Å². The molecule has 5 nitrogen and oxygen atoms in total. The van der Waals surface area contributed by atoms with E-state index in [1.54, 1.807) is 0 Å². The van der Waals surface area contributed by atoms with Crippen molar-refractivity contribution in [2.45, 2.75) is 33.0 Å². The smallest absolute Gasteiger partial charge is 0.318 e. The van der Waals surface area contributed by atoms with Crippen LogP contribution in [-0.2, 0) is 13.1 Å². The van der Waals surface area contributed by atoms with Gasteiger partial charge in [0.15, 0.2) is 11.5 Å². The molecule has 3 rings (SSSR count). The van der Waals surface area contributed by atoms with Crippen molar-refractivity contribution in [1.29, 1.82) is 0 Å². The molecule has 0 radical (unpaired) electrons. The predicted octanol–water partition coefficient (Wildman–Crippen LogP) is 3.54. The minimum Gasteiger partial charge on any atom is -0.454 e. The van der Waals surface area contributed by atoms with Gasteiger partial charge >= 0.3 is 6.03 Å². The number of carbonyl (C=O) groups is 1. The van der Waals surface area contributed by atoms with Gasteiger partial charge in [0.1, 0.15) is 0 Å². The fraction of sp³-hybridized carbons (Fsp3) is 0.316. The summed E-state index contributed by atoms with van der Waals surface area (Å²) in [6.45, 7) is 5.33. The molecule has 2 aromatic rings. The van der Waals surface area contributed by atoms with E-state index in [-0.39, 0.29) is 18.9 Å². The molecule has 24 heavy (non-hydrogen) atoms. The van der Waals surface area contributed by atoms with Crippen molar-refractivity contribution in [2.24, 2.45) is 0 Å². The number of nitrogens with zero attached hydrogens (tertiary/aromatic N) is 1. The zero-order chi connectivity index (χ0) is 16.9. The van der Waals surface area contributed by atoms with E-state index >= 15 is 0 Å². The first-order valence-corrected chi connectivity index (χ1v) is 8.10. The Morgan fingerprint density at radius 3 is 2.58 bits per heavy atom. The van der Waals surface area contributed by atoms with E-state index in [0.717, 1.165) is 22.6 Å². The van der Waals surface area contributed by atoms with E-state index in [4.69, 9.17) is 9.47 Å². The van der Waals surface area contributed by atoms with E-state index in [1.165, 1.54) is 0 Å². The van der Waals surface area contributed by atoms with Gasteiger partial charge < -0.3 is 19.7 Å². The van der Waals surface area contributed by atoms with Gasteiger partial charge in [-0.1, -0.05) is 36.4 Å². The lowest BCUT2D eigenvalue weighted by molar-refractivity contribution is 0.173. The molecule has 126 valence electrons. The van der Waals surface area contributed by atoms with Gasteiger partial charge in [0.25, 0.3) is 0 Å². The number of rotatable bonds is 5. The first-order chi connectivity index (χ1) is 11.6. The molecule has 0 aliphatic carbocycles. The summed E-state index contributed by atoms with van der Waals surface area (Å²) in [4.78, 5) is 14.4. The molecule has 0 atom stereocenters. The van der Waals surface area contributed by atoms with Crippen molar-refractivity contribution in [2.75, 3.05) is 6.79 Å². The molecule has 0 saturated carbocycles. The molecule has 1 heterocycles. The third-order valence-electron chi connectivity index (χ3n) is 3.96. The normalized spacial score (nSPS) is 12.3. The van der Waals surface area contributed by atoms with Crippen molar-refractivity contribution in [3.8, 4) is 11.5 Å². The average molecular weight is 326 g/mol. The van der Waals surface area contributed by atoms with Crippen molar-refractivity contribution in [1.82, 2.24) is 10.2 Å². The Morgan fingerprint density at radius 2 is 1.83 bits per heavy atom. The van der Waals surface area contributed by atoms with Crippen LogP contribution in [0.3, 0.4) is 0 Å². The van der Waals surface area contributed by atoms with E-state index in [1.807, 2.05) is 67.3 Å². The zero-order valence-corrected chi connectivity index (χ0v) is 14.0. The van der Waals surface area contributed by atoms with Gasteiger partial charge in [-0.3, -0.25) is 0 Å². The Balaban J connectivity index is 1.61. The van der Waals surface area contributed by atoms with Crippen molar-refractivity contribution >= 4 is 6.03 Å². The minimum atomic E-state index is -0.0773. The number of hydrogen-bond acceptors (Lipinski definition) is 3. The van der Waals surface area contributed by atoms with Crippen molar-refractivity contribution < 1.29 is 14.3 Å². The van der Waals surface area contributed by atoms with Gasteiger partial charge in [0.2, 0.25) is 6.79 Å². The van der Waals surface area contributed by atoms with Gasteiger partial charge in [-0.2, -0.15) is 0 Å². The van der Waals surface area contributed by atoms with E-state index < -0.39 is 0 Å². The average Bonchev–Trinajstić information content (AvgIpc) is 3.06. The lowest BCUT2D eigenvalue weighted by Crippen LogP contribution is -2.43. The number of hydrogen-bond donors (Lipinski definition) is 1. The van der Waals surface area contributed by atoms with Gasteiger partial charge in [-0.05, 0) is 37.1 Å². The summed E-state index contributed by atoms with van der Waals surface area (Å²) < 4.78 is 10.7. The Labute approximate surface area is 142 Å². The number of nitrogens with one attached hydrogen (secondary N) is 1. The fourth-order valence-electron chi connectivity index (χ4n) is 2.60. The molecule has 1 aliphatic heterocycles. The van der Waals surface area contributed by atoms with Crippen LogP contribution in [0.4, 0.5) is 4.79 Å². The second-order valence-corrected chi connectivity index (χ2v) is 6.05. The van der Waals surface area contributed by atoms with Crippen LogP contribution in [0.5, 0.6) is 11.5 Å².